The van der Waals surface area contributed by atoms with E-state index < -0.39 is 0 Å². The van der Waals surface area contributed by atoms with Gasteiger partial charge in [0, 0.05) is 60.9 Å². The molecule has 5 heterocycles. The molecule has 38 heavy (non-hydrogen) atoms. The minimum absolute atomic E-state index is 0.0863. The van der Waals surface area contributed by atoms with E-state index in [4.69, 9.17) is 14.6 Å². The van der Waals surface area contributed by atoms with Gasteiger partial charge in [0.1, 0.15) is 17.9 Å². The van der Waals surface area contributed by atoms with Gasteiger partial charge in [0.05, 0.1) is 47.8 Å². The summed E-state index contributed by atoms with van der Waals surface area (Å²) in [7, 11) is 0. The minimum Gasteiger partial charge on any atom is -0.489 e. The number of benzene rings is 1. The highest BCUT2D eigenvalue weighted by Crippen LogP contribution is 2.39. The van der Waals surface area contributed by atoms with Crippen LogP contribution in [0.2, 0.25) is 0 Å². The summed E-state index contributed by atoms with van der Waals surface area (Å²) in [6, 6.07) is 12.7. The van der Waals surface area contributed by atoms with Gasteiger partial charge >= 0.3 is 0 Å². The summed E-state index contributed by atoms with van der Waals surface area (Å²) in [6.07, 6.45) is 9.76. The molecule has 0 radical (unpaired) electrons. The van der Waals surface area contributed by atoms with Gasteiger partial charge in [-0.2, -0.15) is 10.4 Å². The molecule has 3 aromatic heterocycles. The van der Waals surface area contributed by atoms with Crippen LogP contribution in [0.25, 0.3) is 31.8 Å². The normalized spacial score (nSPS) is 17.6. The molecule has 4 aromatic rings. The van der Waals surface area contributed by atoms with Crippen LogP contribution in [-0.4, -0.2) is 70.3 Å². The summed E-state index contributed by atoms with van der Waals surface area (Å²) < 4.78 is 14.8. The standard InChI is InChI=1S/C29H31N5O3S/c30-17-21-15-20(1-2-27(21)37-24-6-13-36-14-7-24)25-3-8-31-26-16-28(38-29(25)26)22-18-32-34(19-22)23-4-9-33(10-5-23)11-12-35/h1-3,8,15-16,18-19,23-24,35H,4-7,9-14H2. The molecule has 9 heteroatoms. The predicted molar refractivity (Wildman–Crippen MR) is 147 cm³/mol. The fraction of sp³-hybridized carbons (Fsp3) is 0.414. The third-order valence-corrected chi connectivity index (χ3v) is 8.73. The largest absolute Gasteiger partial charge is 0.489 e. The molecular formula is C29H31N5O3S. The highest BCUT2D eigenvalue weighted by Gasteiger charge is 2.22. The van der Waals surface area contributed by atoms with Crippen molar-refractivity contribution in [2.45, 2.75) is 37.8 Å². The number of hydrogen-bond donors (Lipinski definition) is 1. The molecule has 0 aliphatic carbocycles. The average Bonchev–Trinajstić information content (AvgIpc) is 3.62. The second-order valence-electron chi connectivity index (χ2n) is 9.94. The van der Waals surface area contributed by atoms with Crippen molar-refractivity contribution in [1.82, 2.24) is 19.7 Å². The Morgan fingerprint density at radius 2 is 1.95 bits per heavy atom. The molecule has 0 saturated carbocycles. The fourth-order valence-corrected chi connectivity index (χ4v) is 6.51. The van der Waals surface area contributed by atoms with Gasteiger partial charge in [-0.25, -0.2) is 0 Å². The minimum atomic E-state index is 0.0863. The van der Waals surface area contributed by atoms with Crippen LogP contribution in [0.15, 0.2) is 48.9 Å². The van der Waals surface area contributed by atoms with Gasteiger partial charge in [0.15, 0.2) is 0 Å². The van der Waals surface area contributed by atoms with Crippen LogP contribution in [0.5, 0.6) is 5.75 Å². The maximum Gasteiger partial charge on any atom is 0.137 e. The van der Waals surface area contributed by atoms with Gasteiger partial charge < -0.3 is 19.5 Å². The van der Waals surface area contributed by atoms with Crippen molar-refractivity contribution in [3.8, 4) is 33.4 Å². The quantitative estimate of drug-likeness (QED) is 0.364. The summed E-state index contributed by atoms with van der Waals surface area (Å²) in [5, 5.41) is 23.7. The lowest BCUT2D eigenvalue weighted by Crippen LogP contribution is -2.36. The first-order chi connectivity index (χ1) is 18.7. The number of aliphatic hydroxyl groups excluding tert-OH is 1. The molecule has 0 spiro atoms. The van der Waals surface area contributed by atoms with Crippen molar-refractivity contribution < 1.29 is 14.6 Å². The monoisotopic (exact) mass is 529 g/mol. The van der Waals surface area contributed by atoms with E-state index in [0.29, 0.717) is 30.6 Å². The molecule has 2 fully saturated rings. The molecule has 6 rings (SSSR count). The molecule has 2 saturated heterocycles. The zero-order valence-electron chi connectivity index (χ0n) is 21.3. The fourth-order valence-electron chi connectivity index (χ4n) is 5.38. The Morgan fingerprint density at radius 1 is 1.11 bits per heavy atom. The van der Waals surface area contributed by atoms with Crippen LogP contribution < -0.4 is 4.74 Å². The number of ether oxygens (including phenoxy) is 2. The lowest BCUT2D eigenvalue weighted by atomic mass is 10.0. The molecule has 196 valence electrons. The van der Waals surface area contributed by atoms with Crippen molar-refractivity contribution in [3.63, 3.8) is 0 Å². The smallest absolute Gasteiger partial charge is 0.137 e. The maximum absolute atomic E-state index is 9.85. The van der Waals surface area contributed by atoms with Gasteiger partial charge in [-0.05, 0) is 42.7 Å². The molecule has 2 aliphatic rings. The topological polar surface area (TPSA) is 96.4 Å². The summed E-state index contributed by atoms with van der Waals surface area (Å²) in [6.45, 7) is 4.33. The van der Waals surface area contributed by atoms with Gasteiger partial charge in [0.2, 0.25) is 0 Å². The Bertz CT molecular complexity index is 1440. The molecule has 0 bridgehead atoms. The molecule has 8 nitrogen and oxygen atoms in total. The second kappa shape index (κ2) is 11.2. The van der Waals surface area contributed by atoms with Crippen LogP contribution in [-0.2, 0) is 4.74 Å². The molecule has 0 unspecified atom stereocenters. The molecule has 0 amide bonds. The first-order valence-electron chi connectivity index (χ1n) is 13.3. The van der Waals surface area contributed by atoms with E-state index in [1.54, 1.807) is 11.3 Å². The molecule has 1 N–H and O–H groups in total. The molecule has 1 aromatic carbocycles. The van der Waals surface area contributed by atoms with Crippen LogP contribution in [0, 0.1) is 11.3 Å². The number of aromatic nitrogens is 3. The second-order valence-corrected chi connectivity index (χ2v) is 11.0. The summed E-state index contributed by atoms with van der Waals surface area (Å²) in [4.78, 5) is 8.06. The number of β-amino-alcohol motifs (C(OH)–C–C–N with tert-alkyl or cyclic N) is 1. The number of likely N-dealkylation sites (tertiary alicyclic amines) is 1. The summed E-state index contributed by atoms with van der Waals surface area (Å²) >= 11 is 1.71. The lowest BCUT2D eigenvalue weighted by molar-refractivity contribution is 0.0254. The number of thiophene rings is 1. The maximum atomic E-state index is 9.85. The molecule has 2 aliphatic heterocycles. The van der Waals surface area contributed by atoms with Crippen molar-refractivity contribution in [2.75, 3.05) is 39.5 Å². The van der Waals surface area contributed by atoms with Crippen LogP contribution in [0.4, 0.5) is 0 Å². The highest BCUT2D eigenvalue weighted by atomic mass is 32.1. The van der Waals surface area contributed by atoms with Gasteiger partial charge in [-0.15, -0.1) is 11.3 Å². The van der Waals surface area contributed by atoms with E-state index in [0.717, 1.165) is 77.1 Å². The van der Waals surface area contributed by atoms with Crippen LogP contribution in [0.3, 0.4) is 0 Å². The predicted octanol–water partition coefficient (Wildman–Crippen LogP) is 4.89. The Kier molecular flexibility index (Phi) is 7.38. The number of hydrogen-bond acceptors (Lipinski definition) is 8. The summed E-state index contributed by atoms with van der Waals surface area (Å²) in [5.74, 6) is 0.634. The van der Waals surface area contributed by atoms with Crippen LogP contribution >= 0.6 is 11.3 Å². The highest BCUT2D eigenvalue weighted by molar-refractivity contribution is 7.22. The van der Waals surface area contributed by atoms with E-state index in [1.165, 1.54) is 0 Å². The van der Waals surface area contributed by atoms with E-state index in [1.807, 2.05) is 36.7 Å². The van der Waals surface area contributed by atoms with Crippen molar-refractivity contribution in [3.05, 3.63) is 54.5 Å². The van der Waals surface area contributed by atoms with Crippen molar-refractivity contribution in [1.29, 1.82) is 5.26 Å². The first kappa shape index (κ1) is 25.0. The van der Waals surface area contributed by atoms with Crippen molar-refractivity contribution in [2.24, 2.45) is 0 Å². The average molecular weight is 530 g/mol. The Labute approximate surface area is 226 Å². The van der Waals surface area contributed by atoms with Crippen LogP contribution in [0.1, 0.15) is 37.3 Å². The van der Waals surface area contributed by atoms with Gasteiger partial charge in [-0.1, -0.05) is 6.07 Å². The Hall–Kier alpha value is -3.29. The molecule has 0 atom stereocenters. The first-order valence-corrected chi connectivity index (χ1v) is 14.1. The van der Waals surface area contributed by atoms with E-state index in [2.05, 4.69) is 32.9 Å². The lowest BCUT2D eigenvalue weighted by Gasteiger charge is -2.31. The Morgan fingerprint density at radius 3 is 2.74 bits per heavy atom. The van der Waals surface area contributed by atoms with Crippen molar-refractivity contribution >= 4 is 21.6 Å². The molecular weight excluding hydrogens is 498 g/mol. The van der Waals surface area contributed by atoms with Gasteiger partial charge in [0.25, 0.3) is 0 Å². The van der Waals surface area contributed by atoms with E-state index >= 15 is 0 Å². The number of fused-ring (bicyclic) bond motifs is 1. The third kappa shape index (κ3) is 5.18. The number of aliphatic hydroxyl groups is 1. The third-order valence-electron chi connectivity index (χ3n) is 7.52. The van der Waals surface area contributed by atoms with E-state index in [-0.39, 0.29) is 12.7 Å². The number of rotatable bonds is 7. The number of nitrogens with zero attached hydrogens (tertiary/aromatic N) is 5. The van der Waals surface area contributed by atoms with Gasteiger partial charge in [-0.3, -0.25) is 9.67 Å². The number of nitriles is 1. The zero-order valence-corrected chi connectivity index (χ0v) is 22.1. The summed E-state index contributed by atoms with van der Waals surface area (Å²) in [5.41, 5.74) is 4.61. The number of pyridine rings is 1. The zero-order chi connectivity index (χ0) is 25.9. The number of piperidine rings is 1. The van der Waals surface area contributed by atoms with E-state index in [9.17, 15) is 10.4 Å². The SMILES string of the molecule is N#Cc1cc(-c2ccnc3cc(-c4cnn(C5CCN(CCO)CC5)c4)sc23)ccc1OC1CCOCC1. The Balaban J connectivity index is 1.24.